The first-order valence-electron chi connectivity index (χ1n) is 9.60. The molecule has 32 heavy (non-hydrogen) atoms. The molecule has 0 N–H and O–H groups in total. The van der Waals surface area contributed by atoms with Gasteiger partial charge in [0.25, 0.3) is 5.91 Å². The van der Waals surface area contributed by atoms with Gasteiger partial charge in [0.05, 0.1) is 17.8 Å². The lowest BCUT2D eigenvalue weighted by molar-refractivity contribution is -0.139. The van der Waals surface area contributed by atoms with Crippen LogP contribution in [0.2, 0.25) is 0 Å². The molecule has 0 bridgehead atoms. The Hall–Kier alpha value is -3.69. The van der Waals surface area contributed by atoms with Crippen LogP contribution in [0.1, 0.15) is 27.9 Å². The van der Waals surface area contributed by atoms with Crippen molar-refractivity contribution in [3.05, 3.63) is 82.4 Å². The number of Topliss-reactive ketones (excluding diaryl/α,β-unsaturated/α-hetero) is 1. The SMILES string of the molecule is O=C1CN(C(=O)c2ccccc2)C2=C1N(C(=O)OCc1c(F)cccc1C(F)(F)F)CC2. The quantitative estimate of drug-likeness (QED) is 0.663. The fraction of sp³-hybridized carbons (Fsp3) is 0.227. The van der Waals surface area contributed by atoms with Crippen LogP contribution in [0.4, 0.5) is 22.4 Å². The molecule has 0 saturated carbocycles. The first-order valence-corrected chi connectivity index (χ1v) is 9.60. The smallest absolute Gasteiger partial charge is 0.416 e. The first kappa shape index (κ1) is 21.5. The monoisotopic (exact) mass is 448 g/mol. The van der Waals surface area contributed by atoms with Crippen molar-refractivity contribution in [2.45, 2.75) is 19.2 Å². The molecule has 0 radical (unpaired) electrons. The Balaban J connectivity index is 1.52. The minimum Gasteiger partial charge on any atom is -0.444 e. The lowest BCUT2D eigenvalue weighted by Gasteiger charge is -2.20. The van der Waals surface area contributed by atoms with Crippen molar-refractivity contribution in [3.63, 3.8) is 0 Å². The van der Waals surface area contributed by atoms with E-state index < -0.39 is 47.5 Å². The number of carbonyl (C=O) groups is 3. The van der Waals surface area contributed by atoms with E-state index in [1.807, 2.05) is 0 Å². The largest absolute Gasteiger partial charge is 0.444 e. The second kappa shape index (κ2) is 8.10. The van der Waals surface area contributed by atoms with E-state index in [1.54, 1.807) is 30.3 Å². The summed E-state index contributed by atoms with van der Waals surface area (Å²) in [5.74, 6) is -2.05. The van der Waals surface area contributed by atoms with Gasteiger partial charge in [0.1, 0.15) is 18.1 Å². The number of hydrogen-bond donors (Lipinski definition) is 0. The Morgan fingerprint density at radius 2 is 1.72 bits per heavy atom. The van der Waals surface area contributed by atoms with E-state index in [-0.39, 0.29) is 25.2 Å². The topological polar surface area (TPSA) is 66.9 Å². The molecular formula is C22H16F4N2O4. The fourth-order valence-corrected chi connectivity index (χ4v) is 3.79. The Morgan fingerprint density at radius 3 is 2.41 bits per heavy atom. The van der Waals surface area contributed by atoms with Crippen LogP contribution in [0.25, 0.3) is 0 Å². The van der Waals surface area contributed by atoms with Gasteiger partial charge in [-0.05, 0) is 24.3 Å². The Kier molecular flexibility index (Phi) is 5.45. The van der Waals surface area contributed by atoms with E-state index in [0.29, 0.717) is 17.3 Å². The highest BCUT2D eigenvalue weighted by atomic mass is 19.4. The molecule has 0 fully saturated rings. The molecule has 0 unspecified atom stereocenters. The number of ether oxygens (including phenoxy) is 1. The van der Waals surface area contributed by atoms with Gasteiger partial charge in [-0.15, -0.1) is 0 Å². The number of ketones is 1. The summed E-state index contributed by atoms with van der Waals surface area (Å²) in [4.78, 5) is 40.1. The third-order valence-electron chi connectivity index (χ3n) is 5.26. The summed E-state index contributed by atoms with van der Waals surface area (Å²) in [6.45, 7) is -1.20. The van der Waals surface area contributed by atoms with Crippen LogP contribution < -0.4 is 0 Å². The number of carbonyl (C=O) groups excluding carboxylic acids is 3. The van der Waals surface area contributed by atoms with E-state index in [0.717, 1.165) is 17.0 Å². The average Bonchev–Trinajstić information content (AvgIpc) is 3.33. The Bertz CT molecular complexity index is 1130. The van der Waals surface area contributed by atoms with Crippen molar-refractivity contribution in [3.8, 4) is 0 Å². The van der Waals surface area contributed by atoms with E-state index in [1.165, 1.54) is 4.90 Å². The van der Waals surface area contributed by atoms with Crippen LogP contribution >= 0.6 is 0 Å². The van der Waals surface area contributed by atoms with Gasteiger partial charge in [-0.1, -0.05) is 24.3 Å². The summed E-state index contributed by atoms with van der Waals surface area (Å²) in [5, 5.41) is 0. The molecule has 10 heteroatoms. The minimum absolute atomic E-state index is 0.0111. The van der Waals surface area contributed by atoms with E-state index in [4.69, 9.17) is 4.74 Å². The van der Waals surface area contributed by atoms with Crippen LogP contribution in [-0.2, 0) is 22.3 Å². The van der Waals surface area contributed by atoms with E-state index in [9.17, 15) is 31.9 Å². The molecule has 0 atom stereocenters. The highest BCUT2D eigenvalue weighted by Gasteiger charge is 2.43. The molecule has 6 nitrogen and oxygen atoms in total. The minimum atomic E-state index is -4.83. The molecule has 2 aromatic rings. The van der Waals surface area contributed by atoms with Crippen molar-refractivity contribution >= 4 is 17.8 Å². The van der Waals surface area contributed by atoms with Crippen molar-refractivity contribution in [2.75, 3.05) is 13.1 Å². The van der Waals surface area contributed by atoms with Crippen LogP contribution in [0.3, 0.4) is 0 Å². The summed E-state index contributed by atoms with van der Waals surface area (Å²) in [7, 11) is 0. The van der Waals surface area contributed by atoms with Crippen LogP contribution in [-0.4, -0.2) is 40.7 Å². The molecule has 2 aromatic carbocycles. The van der Waals surface area contributed by atoms with Crippen molar-refractivity contribution in [2.24, 2.45) is 0 Å². The Labute approximate surface area is 179 Å². The van der Waals surface area contributed by atoms with Gasteiger partial charge in [0, 0.05) is 24.1 Å². The normalized spacial score (nSPS) is 15.9. The molecule has 2 aliphatic rings. The second-order valence-corrected chi connectivity index (χ2v) is 7.20. The van der Waals surface area contributed by atoms with Crippen molar-refractivity contribution < 1.29 is 36.7 Å². The zero-order valence-corrected chi connectivity index (χ0v) is 16.5. The molecule has 4 rings (SSSR count). The molecule has 0 spiro atoms. The van der Waals surface area contributed by atoms with Gasteiger partial charge < -0.3 is 9.64 Å². The standard InChI is InChI=1S/C22H16F4N2O4/c23-16-8-4-7-15(22(24,25)26)14(16)12-32-21(31)27-10-9-17-19(27)18(29)11-28(17)20(30)13-5-2-1-3-6-13/h1-8H,9-12H2. The van der Waals surface area contributed by atoms with Crippen molar-refractivity contribution in [1.29, 1.82) is 0 Å². The number of amides is 2. The van der Waals surface area contributed by atoms with Crippen LogP contribution in [0.15, 0.2) is 59.9 Å². The molecule has 2 aliphatic heterocycles. The van der Waals surface area contributed by atoms with Gasteiger partial charge in [0.15, 0.2) is 0 Å². The predicted octanol–water partition coefficient (Wildman–Crippen LogP) is 4.12. The molecule has 2 amide bonds. The third-order valence-corrected chi connectivity index (χ3v) is 5.26. The van der Waals surface area contributed by atoms with E-state index in [2.05, 4.69) is 0 Å². The first-order chi connectivity index (χ1) is 15.2. The van der Waals surface area contributed by atoms with Crippen LogP contribution in [0, 0.1) is 5.82 Å². The van der Waals surface area contributed by atoms with Gasteiger partial charge in [0.2, 0.25) is 5.78 Å². The number of halogens is 4. The number of hydrogen-bond acceptors (Lipinski definition) is 4. The number of nitrogens with zero attached hydrogens (tertiary/aromatic N) is 2. The summed E-state index contributed by atoms with van der Waals surface area (Å²) < 4.78 is 58.3. The fourth-order valence-electron chi connectivity index (χ4n) is 3.79. The second-order valence-electron chi connectivity index (χ2n) is 7.20. The summed E-state index contributed by atoms with van der Waals surface area (Å²) in [6.07, 6.45) is -5.72. The summed E-state index contributed by atoms with van der Waals surface area (Å²) in [6, 6.07) is 10.7. The van der Waals surface area contributed by atoms with Gasteiger partial charge in [-0.3, -0.25) is 14.5 Å². The highest BCUT2D eigenvalue weighted by molar-refractivity contribution is 6.08. The maximum Gasteiger partial charge on any atom is 0.416 e. The van der Waals surface area contributed by atoms with Crippen LogP contribution in [0.5, 0.6) is 0 Å². The predicted molar refractivity (Wildman–Crippen MR) is 102 cm³/mol. The van der Waals surface area contributed by atoms with Crippen molar-refractivity contribution in [1.82, 2.24) is 9.80 Å². The van der Waals surface area contributed by atoms with Gasteiger partial charge in [-0.25, -0.2) is 9.18 Å². The zero-order valence-electron chi connectivity index (χ0n) is 16.5. The Morgan fingerprint density at radius 1 is 1.00 bits per heavy atom. The molecule has 0 aromatic heterocycles. The maximum atomic E-state index is 14.0. The summed E-state index contributed by atoms with van der Waals surface area (Å²) in [5.41, 5.74) is -1.36. The maximum absolute atomic E-state index is 14.0. The zero-order chi connectivity index (χ0) is 23.0. The third kappa shape index (κ3) is 3.83. The number of benzene rings is 2. The molecular weight excluding hydrogens is 432 g/mol. The summed E-state index contributed by atoms with van der Waals surface area (Å²) >= 11 is 0. The van der Waals surface area contributed by atoms with Gasteiger partial charge >= 0.3 is 12.3 Å². The molecule has 2 heterocycles. The number of rotatable bonds is 3. The lowest BCUT2D eigenvalue weighted by atomic mass is 10.1. The van der Waals surface area contributed by atoms with Gasteiger partial charge in [-0.2, -0.15) is 13.2 Å². The highest BCUT2D eigenvalue weighted by Crippen LogP contribution is 2.35. The molecule has 0 saturated heterocycles. The van der Waals surface area contributed by atoms with E-state index >= 15 is 0 Å². The average molecular weight is 448 g/mol. The molecule has 0 aliphatic carbocycles. The lowest BCUT2D eigenvalue weighted by Crippen LogP contribution is -2.34. The number of alkyl halides is 3. The molecule has 166 valence electrons.